The molecule has 1 atom stereocenters. The highest BCUT2D eigenvalue weighted by Crippen LogP contribution is 2.11. The van der Waals surface area contributed by atoms with Crippen molar-refractivity contribution in [2.24, 2.45) is 0 Å². The predicted molar refractivity (Wildman–Crippen MR) is 61.9 cm³/mol. The van der Waals surface area contributed by atoms with Gasteiger partial charge in [0.1, 0.15) is 5.76 Å². The van der Waals surface area contributed by atoms with Gasteiger partial charge in [-0.3, -0.25) is 9.89 Å². The topological polar surface area (TPSA) is 93.0 Å². The van der Waals surface area contributed by atoms with Gasteiger partial charge in [-0.05, 0) is 19.0 Å². The maximum absolute atomic E-state index is 11.6. The fraction of sp³-hybridized carbons (Fsp3) is 0.364. The first kappa shape index (κ1) is 12.2. The summed E-state index contributed by atoms with van der Waals surface area (Å²) < 4.78 is 9.98. The van der Waals surface area contributed by atoms with Crippen LogP contribution in [0.3, 0.4) is 0 Å². The third-order valence-electron chi connectivity index (χ3n) is 2.35. The number of aryl methyl sites for hydroxylation is 1. The molecule has 0 aliphatic carbocycles. The number of nitrogens with one attached hydrogen (secondary N) is 2. The van der Waals surface area contributed by atoms with E-state index < -0.39 is 0 Å². The number of nitrogens with zero attached hydrogens (tertiary/aromatic N) is 2. The second-order valence-corrected chi connectivity index (χ2v) is 3.89. The zero-order valence-electron chi connectivity index (χ0n) is 10.1. The normalized spacial score (nSPS) is 12.1. The number of ether oxygens (including phenoxy) is 1. The first-order chi connectivity index (χ1) is 8.65. The molecular formula is C11H14N4O3. The number of rotatable bonds is 5. The molecule has 2 rings (SSSR count). The Balaban J connectivity index is 1.78. The van der Waals surface area contributed by atoms with Crippen molar-refractivity contribution >= 4 is 5.91 Å². The van der Waals surface area contributed by atoms with Crippen LogP contribution in [0.1, 0.15) is 24.3 Å². The standard InChI is InChI=1S/C11H14N4O3/c1-7-3-11(15-18-7)17-6-10(16)14-8(2)9-4-12-13-5-9/h3-5,8H,6H2,1-2H3,(H,12,13)(H,14,16). The lowest BCUT2D eigenvalue weighted by atomic mass is 10.2. The average molecular weight is 250 g/mol. The Bertz CT molecular complexity index is 506. The van der Waals surface area contributed by atoms with E-state index in [0.29, 0.717) is 11.6 Å². The molecule has 2 heterocycles. The van der Waals surface area contributed by atoms with Crippen molar-refractivity contribution in [3.63, 3.8) is 0 Å². The number of hydrogen-bond acceptors (Lipinski definition) is 5. The summed E-state index contributed by atoms with van der Waals surface area (Å²) in [6.07, 6.45) is 3.39. The lowest BCUT2D eigenvalue weighted by Crippen LogP contribution is -2.31. The molecule has 2 aromatic rings. The summed E-state index contributed by atoms with van der Waals surface area (Å²) in [7, 11) is 0. The highest BCUT2D eigenvalue weighted by molar-refractivity contribution is 5.77. The number of aromatic nitrogens is 3. The molecule has 7 heteroatoms. The molecule has 0 aliphatic rings. The fourth-order valence-electron chi connectivity index (χ4n) is 1.42. The number of aromatic amines is 1. The summed E-state index contributed by atoms with van der Waals surface area (Å²) in [6.45, 7) is 3.51. The van der Waals surface area contributed by atoms with Gasteiger partial charge in [-0.25, -0.2) is 0 Å². The summed E-state index contributed by atoms with van der Waals surface area (Å²) >= 11 is 0. The Labute approximate surface area is 104 Å². The lowest BCUT2D eigenvalue weighted by Gasteiger charge is -2.11. The molecular weight excluding hydrogens is 236 g/mol. The van der Waals surface area contributed by atoms with E-state index >= 15 is 0 Å². The van der Waals surface area contributed by atoms with Gasteiger partial charge in [0.15, 0.2) is 6.61 Å². The second kappa shape index (κ2) is 5.35. The summed E-state index contributed by atoms with van der Waals surface area (Å²) in [5.41, 5.74) is 0.903. The average Bonchev–Trinajstić information content (AvgIpc) is 2.97. The second-order valence-electron chi connectivity index (χ2n) is 3.89. The smallest absolute Gasteiger partial charge is 0.258 e. The van der Waals surface area contributed by atoms with Gasteiger partial charge in [-0.2, -0.15) is 5.10 Å². The third kappa shape index (κ3) is 3.09. The molecule has 0 spiro atoms. The maximum Gasteiger partial charge on any atom is 0.258 e. The maximum atomic E-state index is 11.6. The fourth-order valence-corrected chi connectivity index (χ4v) is 1.42. The molecule has 0 bridgehead atoms. The molecule has 0 aliphatic heterocycles. The van der Waals surface area contributed by atoms with Gasteiger partial charge in [0.05, 0.1) is 12.2 Å². The molecule has 0 fully saturated rings. The van der Waals surface area contributed by atoms with Gasteiger partial charge >= 0.3 is 0 Å². The number of carbonyl (C=O) groups excluding carboxylic acids is 1. The third-order valence-corrected chi connectivity index (χ3v) is 2.35. The first-order valence-corrected chi connectivity index (χ1v) is 5.49. The molecule has 0 radical (unpaired) electrons. The van der Waals surface area contributed by atoms with Gasteiger partial charge < -0.3 is 14.6 Å². The molecule has 0 saturated heterocycles. The van der Waals surface area contributed by atoms with Crippen molar-refractivity contribution in [3.8, 4) is 5.88 Å². The molecule has 1 amide bonds. The number of amides is 1. The molecule has 18 heavy (non-hydrogen) atoms. The molecule has 0 saturated carbocycles. The van der Waals surface area contributed by atoms with E-state index in [1.54, 1.807) is 25.4 Å². The Morgan fingerprint density at radius 3 is 3.11 bits per heavy atom. The summed E-state index contributed by atoms with van der Waals surface area (Å²) in [4.78, 5) is 11.6. The SMILES string of the molecule is Cc1cc(OCC(=O)NC(C)c2cn[nH]c2)no1. The summed E-state index contributed by atoms with van der Waals surface area (Å²) in [5.74, 6) is 0.708. The Morgan fingerprint density at radius 2 is 2.50 bits per heavy atom. The number of H-pyrrole nitrogens is 1. The Kier molecular flexibility index (Phi) is 3.61. The molecule has 0 aromatic carbocycles. The minimum atomic E-state index is -0.232. The largest absolute Gasteiger partial charge is 0.465 e. The van der Waals surface area contributed by atoms with Crippen molar-refractivity contribution < 1.29 is 14.1 Å². The summed E-state index contributed by atoms with van der Waals surface area (Å²) in [6, 6.07) is 1.49. The highest BCUT2D eigenvalue weighted by atomic mass is 16.5. The van der Waals surface area contributed by atoms with E-state index in [0.717, 1.165) is 5.56 Å². The van der Waals surface area contributed by atoms with Crippen LogP contribution in [0.4, 0.5) is 0 Å². The molecule has 1 unspecified atom stereocenters. The van der Waals surface area contributed by atoms with Crippen molar-refractivity contribution in [3.05, 3.63) is 29.8 Å². The van der Waals surface area contributed by atoms with Gasteiger partial charge in [0.25, 0.3) is 11.8 Å². The molecule has 96 valence electrons. The Hall–Kier alpha value is -2.31. The van der Waals surface area contributed by atoms with Crippen LogP contribution in [0.15, 0.2) is 23.0 Å². The van der Waals surface area contributed by atoms with Crippen LogP contribution in [0.25, 0.3) is 0 Å². The van der Waals surface area contributed by atoms with Crippen LogP contribution in [-0.2, 0) is 4.79 Å². The van der Waals surface area contributed by atoms with Crippen LogP contribution in [0.2, 0.25) is 0 Å². The highest BCUT2D eigenvalue weighted by Gasteiger charge is 2.11. The van der Waals surface area contributed by atoms with Crippen LogP contribution < -0.4 is 10.1 Å². The minimum Gasteiger partial charge on any atom is -0.465 e. The van der Waals surface area contributed by atoms with E-state index in [-0.39, 0.29) is 18.6 Å². The number of carbonyl (C=O) groups is 1. The van der Waals surface area contributed by atoms with Gasteiger partial charge in [0.2, 0.25) is 0 Å². The minimum absolute atomic E-state index is 0.103. The molecule has 2 N–H and O–H groups in total. The molecule has 7 nitrogen and oxygen atoms in total. The monoisotopic (exact) mass is 250 g/mol. The number of hydrogen-bond donors (Lipinski definition) is 2. The lowest BCUT2D eigenvalue weighted by molar-refractivity contribution is -0.123. The molecule has 2 aromatic heterocycles. The van der Waals surface area contributed by atoms with Crippen molar-refractivity contribution in [1.29, 1.82) is 0 Å². The van der Waals surface area contributed by atoms with Crippen LogP contribution >= 0.6 is 0 Å². The van der Waals surface area contributed by atoms with E-state index in [4.69, 9.17) is 9.26 Å². The van der Waals surface area contributed by atoms with Crippen LogP contribution in [-0.4, -0.2) is 27.9 Å². The van der Waals surface area contributed by atoms with Gasteiger partial charge in [-0.15, -0.1) is 0 Å². The van der Waals surface area contributed by atoms with E-state index in [1.165, 1.54) is 0 Å². The van der Waals surface area contributed by atoms with Gasteiger partial charge in [-0.1, -0.05) is 0 Å². The van der Waals surface area contributed by atoms with E-state index in [2.05, 4.69) is 20.7 Å². The quantitative estimate of drug-likeness (QED) is 0.824. The first-order valence-electron chi connectivity index (χ1n) is 5.49. The van der Waals surface area contributed by atoms with Crippen molar-refractivity contribution in [2.45, 2.75) is 19.9 Å². The van der Waals surface area contributed by atoms with Crippen LogP contribution in [0, 0.1) is 6.92 Å². The van der Waals surface area contributed by atoms with E-state index in [9.17, 15) is 4.79 Å². The van der Waals surface area contributed by atoms with Crippen molar-refractivity contribution in [1.82, 2.24) is 20.7 Å². The van der Waals surface area contributed by atoms with Crippen LogP contribution in [0.5, 0.6) is 5.88 Å². The zero-order chi connectivity index (χ0) is 13.0. The van der Waals surface area contributed by atoms with Crippen molar-refractivity contribution in [2.75, 3.05) is 6.61 Å². The zero-order valence-corrected chi connectivity index (χ0v) is 10.1. The predicted octanol–water partition coefficient (Wildman–Crippen LogP) is 0.962. The van der Waals surface area contributed by atoms with E-state index in [1.807, 2.05) is 6.92 Å². The Morgan fingerprint density at radius 1 is 1.67 bits per heavy atom. The van der Waals surface area contributed by atoms with Gasteiger partial charge in [0, 0.05) is 17.8 Å². The summed E-state index contributed by atoms with van der Waals surface area (Å²) in [5, 5.41) is 12.9.